The van der Waals surface area contributed by atoms with Crippen LogP contribution in [0.25, 0.3) is 0 Å². The fourth-order valence-corrected chi connectivity index (χ4v) is 1.01. The van der Waals surface area contributed by atoms with Gasteiger partial charge in [-0.05, 0) is 19.8 Å². The molecule has 1 fully saturated rings. The summed E-state index contributed by atoms with van der Waals surface area (Å²) in [7, 11) is 0. The first-order chi connectivity index (χ1) is 6.64. The van der Waals surface area contributed by atoms with Crippen molar-refractivity contribution in [1.82, 2.24) is 0 Å². The average Bonchev–Trinajstić information content (AvgIpc) is 2.95. The van der Waals surface area contributed by atoms with Crippen LogP contribution in [-0.4, -0.2) is 24.3 Å². The molecule has 0 aliphatic heterocycles. The Labute approximate surface area is 82.8 Å². The highest BCUT2D eigenvalue weighted by atomic mass is 16.5. The fourth-order valence-electron chi connectivity index (χ4n) is 1.01. The number of hydrogen-bond acceptors (Lipinski definition) is 5. The summed E-state index contributed by atoms with van der Waals surface area (Å²) in [4.78, 5) is 15.5. The monoisotopic (exact) mass is 197 g/mol. The third-order valence-corrected chi connectivity index (χ3v) is 2.03. The van der Waals surface area contributed by atoms with E-state index in [0.717, 1.165) is 12.8 Å². The third-order valence-electron chi connectivity index (χ3n) is 2.03. The highest BCUT2D eigenvalue weighted by molar-refractivity contribution is 5.88. The molecule has 14 heavy (non-hydrogen) atoms. The Morgan fingerprint density at radius 1 is 1.64 bits per heavy atom. The molecule has 0 bridgehead atoms. The van der Waals surface area contributed by atoms with Gasteiger partial charge in [-0.3, -0.25) is 4.99 Å². The molecule has 78 valence electrons. The normalized spacial score (nSPS) is 19.6. The first kappa shape index (κ1) is 10.6. The van der Waals surface area contributed by atoms with Crippen LogP contribution in [-0.2, 0) is 9.53 Å². The van der Waals surface area contributed by atoms with Gasteiger partial charge in [-0.2, -0.15) is 0 Å². The summed E-state index contributed by atoms with van der Waals surface area (Å²) < 4.78 is 4.89. The van der Waals surface area contributed by atoms with E-state index < -0.39 is 5.54 Å². The molecule has 1 aliphatic rings. The van der Waals surface area contributed by atoms with Gasteiger partial charge in [0, 0.05) is 12.4 Å². The zero-order valence-electron chi connectivity index (χ0n) is 8.19. The van der Waals surface area contributed by atoms with E-state index in [0.29, 0.717) is 12.3 Å². The Hall–Kier alpha value is -1.52. The van der Waals surface area contributed by atoms with Crippen LogP contribution in [0.4, 0.5) is 0 Å². The van der Waals surface area contributed by atoms with E-state index in [2.05, 4.69) is 4.99 Å². The Morgan fingerprint density at radius 2 is 2.29 bits per heavy atom. The second-order valence-electron chi connectivity index (χ2n) is 3.18. The van der Waals surface area contributed by atoms with Crippen molar-refractivity contribution in [2.24, 2.45) is 16.5 Å². The van der Waals surface area contributed by atoms with Crippen molar-refractivity contribution in [1.29, 1.82) is 0 Å². The van der Waals surface area contributed by atoms with Gasteiger partial charge in [0.05, 0.1) is 12.3 Å². The van der Waals surface area contributed by atoms with E-state index in [1.165, 1.54) is 12.4 Å². The number of carbonyl (C=O) groups is 1. The summed E-state index contributed by atoms with van der Waals surface area (Å²) in [6.45, 7) is 2.14. The first-order valence-corrected chi connectivity index (χ1v) is 4.54. The smallest absolute Gasteiger partial charge is 0.333 e. The standard InChI is InChI=1S/C9H15N3O2/c1-2-14-8(13)9(3-4-9)12-6-7(11)5-10/h5-6H,2-4,10-11H2,1H3/b7-5+,12-6?. The lowest BCUT2D eigenvalue weighted by Gasteiger charge is -2.07. The van der Waals surface area contributed by atoms with Crippen LogP contribution < -0.4 is 11.5 Å². The quantitative estimate of drug-likeness (QED) is 0.487. The highest BCUT2D eigenvalue weighted by Crippen LogP contribution is 2.40. The molecule has 0 heterocycles. The van der Waals surface area contributed by atoms with E-state index in [4.69, 9.17) is 16.2 Å². The summed E-state index contributed by atoms with van der Waals surface area (Å²) in [6.07, 6.45) is 4.09. The van der Waals surface area contributed by atoms with Gasteiger partial charge < -0.3 is 16.2 Å². The number of hydrogen-bond donors (Lipinski definition) is 2. The van der Waals surface area contributed by atoms with E-state index in [1.54, 1.807) is 6.92 Å². The van der Waals surface area contributed by atoms with Crippen LogP contribution in [0.2, 0.25) is 0 Å². The minimum absolute atomic E-state index is 0.277. The lowest BCUT2D eigenvalue weighted by Crippen LogP contribution is -2.23. The summed E-state index contributed by atoms with van der Waals surface area (Å²) in [5.74, 6) is -0.277. The van der Waals surface area contributed by atoms with Crippen LogP contribution in [0.1, 0.15) is 19.8 Å². The molecule has 0 aromatic carbocycles. The molecule has 0 radical (unpaired) electrons. The topological polar surface area (TPSA) is 90.7 Å². The van der Waals surface area contributed by atoms with Crippen molar-refractivity contribution in [3.05, 3.63) is 11.9 Å². The van der Waals surface area contributed by atoms with Gasteiger partial charge in [0.25, 0.3) is 0 Å². The molecule has 1 aliphatic carbocycles. The van der Waals surface area contributed by atoms with Crippen molar-refractivity contribution in [3.63, 3.8) is 0 Å². The maximum Gasteiger partial charge on any atom is 0.333 e. The fraction of sp³-hybridized carbons (Fsp3) is 0.556. The second-order valence-corrected chi connectivity index (χ2v) is 3.18. The summed E-state index contributed by atoms with van der Waals surface area (Å²) in [6, 6.07) is 0. The number of nitrogens with zero attached hydrogens (tertiary/aromatic N) is 1. The summed E-state index contributed by atoms with van der Waals surface area (Å²) in [5.41, 5.74) is 10.2. The van der Waals surface area contributed by atoms with Crippen molar-refractivity contribution in [3.8, 4) is 0 Å². The first-order valence-electron chi connectivity index (χ1n) is 4.54. The maximum atomic E-state index is 11.4. The third kappa shape index (κ3) is 2.25. The van der Waals surface area contributed by atoms with E-state index in [-0.39, 0.29) is 5.97 Å². The molecule has 1 saturated carbocycles. The molecule has 0 aromatic rings. The molecule has 0 saturated heterocycles. The lowest BCUT2D eigenvalue weighted by atomic mass is 10.3. The van der Waals surface area contributed by atoms with Crippen molar-refractivity contribution >= 4 is 12.2 Å². The molecule has 0 aromatic heterocycles. The number of carbonyl (C=O) groups excluding carboxylic acids is 1. The minimum atomic E-state index is -0.677. The van der Waals surface area contributed by atoms with Gasteiger partial charge in [-0.25, -0.2) is 4.79 Å². The Kier molecular flexibility index (Phi) is 3.11. The predicted molar refractivity (Wildman–Crippen MR) is 53.5 cm³/mol. The zero-order chi connectivity index (χ0) is 10.6. The number of rotatable bonds is 4. The second kappa shape index (κ2) is 4.13. The van der Waals surface area contributed by atoms with Gasteiger partial charge in [-0.15, -0.1) is 0 Å². The maximum absolute atomic E-state index is 11.4. The summed E-state index contributed by atoms with van der Waals surface area (Å²) >= 11 is 0. The number of nitrogens with two attached hydrogens (primary N) is 2. The van der Waals surface area contributed by atoms with E-state index >= 15 is 0 Å². The van der Waals surface area contributed by atoms with Gasteiger partial charge >= 0.3 is 5.97 Å². The average molecular weight is 197 g/mol. The molecular weight excluding hydrogens is 182 g/mol. The molecule has 5 nitrogen and oxygen atoms in total. The number of ether oxygens (including phenoxy) is 1. The van der Waals surface area contributed by atoms with E-state index in [1.807, 2.05) is 0 Å². The SMILES string of the molecule is CCOC(=O)C1(N=C/C(N)=C\N)CC1. The predicted octanol–water partition coefficient (Wildman–Crippen LogP) is -0.0883. The minimum Gasteiger partial charge on any atom is -0.464 e. The van der Waals surface area contributed by atoms with Crippen LogP contribution in [0.5, 0.6) is 0 Å². The van der Waals surface area contributed by atoms with Gasteiger partial charge in [0.1, 0.15) is 0 Å². The Bertz CT molecular complexity index is 280. The molecular formula is C9H15N3O2. The van der Waals surface area contributed by atoms with Crippen LogP contribution in [0.15, 0.2) is 16.9 Å². The number of aliphatic imine (C=N–C) groups is 1. The molecule has 0 spiro atoms. The van der Waals surface area contributed by atoms with Gasteiger partial charge in [0.15, 0.2) is 5.54 Å². The number of allylic oxidation sites excluding steroid dienone is 1. The van der Waals surface area contributed by atoms with Crippen molar-refractivity contribution in [2.45, 2.75) is 25.3 Å². The molecule has 5 heteroatoms. The molecule has 0 atom stereocenters. The lowest BCUT2D eigenvalue weighted by molar-refractivity contribution is -0.145. The molecule has 1 rings (SSSR count). The van der Waals surface area contributed by atoms with Gasteiger partial charge in [0.2, 0.25) is 0 Å². The van der Waals surface area contributed by atoms with Gasteiger partial charge in [-0.1, -0.05) is 0 Å². The van der Waals surface area contributed by atoms with Crippen molar-refractivity contribution in [2.75, 3.05) is 6.61 Å². The molecule has 0 amide bonds. The zero-order valence-corrected chi connectivity index (χ0v) is 8.19. The van der Waals surface area contributed by atoms with Crippen molar-refractivity contribution < 1.29 is 9.53 Å². The largest absolute Gasteiger partial charge is 0.464 e. The number of esters is 1. The highest BCUT2D eigenvalue weighted by Gasteiger charge is 2.51. The summed E-state index contributed by atoms with van der Waals surface area (Å²) in [5, 5.41) is 0. The van der Waals surface area contributed by atoms with Crippen LogP contribution in [0, 0.1) is 0 Å². The van der Waals surface area contributed by atoms with E-state index in [9.17, 15) is 4.79 Å². The Balaban J connectivity index is 2.59. The van der Waals surface area contributed by atoms with Crippen LogP contribution >= 0.6 is 0 Å². The molecule has 4 N–H and O–H groups in total. The Morgan fingerprint density at radius 3 is 2.71 bits per heavy atom. The van der Waals surface area contributed by atoms with Crippen LogP contribution in [0.3, 0.4) is 0 Å². The molecule has 0 unspecified atom stereocenters.